The Morgan fingerprint density at radius 3 is 2.53 bits per heavy atom. The Kier molecular flexibility index (Phi) is 6.92. The van der Waals surface area contributed by atoms with Crippen LogP contribution in [0.1, 0.15) is 23.1 Å². The van der Waals surface area contributed by atoms with Gasteiger partial charge in [-0.3, -0.25) is 4.79 Å². The normalized spacial score (nSPS) is 15.0. The minimum atomic E-state index is -0.396. The van der Waals surface area contributed by atoms with Crippen LogP contribution in [0.25, 0.3) is 0 Å². The molecule has 1 aliphatic heterocycles. The molecule has 2 heterocycles. The number of halogens is 1. The van der Waals surface area contributed by atoms with E-state index in [9.17, 15) is 4.79 Å². The second-order valence-electron chi connectivity index (χ2n) is 7.14. The van der Waals surface area contributed by atoms with Crippen molar-refractivity contribution in [2.24, 2.45) is 0 Å². The first kappa shape index (κ1) is 20.8. The number of nitrogens with zero attached hydrogens (tertiary/aromatic N) is 3. The number of amides is 1. The molecule has 0 aliphatic carbocycles. The number of rotatable bonds is 7. The lowest BCUT2D eigenvalue weighted by molar-refractivity contribution is -0.121. The van der Waals surface area contributed by atoms with Crippen molar-refractivity contribution in [3.05, 3.63) is 76.6 Å². The van der Waals surface area contributed by atoms with Gasteiger partial charge in [-0.1, -0.05) is 59.2 Å². The molecule has 4 rings (SSSR count). The quantitative estimate of drug-likeness (QED) is 0.598. The largest absolute Gasteiger partial charge is 0.406 e. The molecule has 1 fully saturated rings. The summed E-state index contributed by atoms with van der Waals surface area (Å²) in [7, 11) is 0. The first-order chi connectivity index (χ1) is 14.7. The molecule has 0 radical (unpaired) electrons. The van der Waals surface area contributed by atoms with Gasteiger partial charge >= 0.3 is 6.01 Å². The maximum atomic E-state index is 12.7. The predicted octanol–water partition coefficient (Wildman–Crippen LogP) is 3.92. The van der Waals surface area contributed by atoms with E-state index >= 15 is 0 Å². The molecule has 0 saturated carbocycles. The number of aromatic nitrogens is 2. The van der Waals surface area contributed by atoms with Crippen LogP contribution in [0.15, 0.2) is 59.0 Å². The van der Waals surface area contributed by atoms with Crippen molar-refractivity contribution >= 4 is 35.3 Å². The van der Waals surface area contributed by atoms with Crippen LogP contribution in [0.4, 0.5) is 6.01 Å². The Balaban J connectivity index is 1.49. The zero-order valence-electron chi connectivity index (χ0n) is 16.5. The second kappa shape index (κ2) is 10.00. The fourth-order valence-electron chi connectivity index (χ4n) is 3.33. The molecule has 0 bridgehead atoms. The van der Waals surface area contributed by atoms with Crippen LogP contribution < -0.4 is 10.2 Å². The maximum Gasteiger partial charge on any atom is 0.318 e. The highest BCUT2D eigenvalue weighted by Gasteiger charge is 2.24. The number of hydrogen-bond donors (Lipinski definition) is 1. The van der Waals surface area contributed by atoms with Crippen molar-refractivity contribution in [3.63, 3.8) is 0 Å². The average Bonchev–Trinajstić information content (AvgIpc) is 3.27. The second-order valence-corrected chi connectivity index (χ2v) is 8.80. The van der Waals surface area contributed by atoms with Crippen molar-refractivity contribution < 1.29 is 9.21 Å². The number of thioether (sulfide) groups is 1. The highest BCUT2D eigenvalue weighted by atomic mass is 35.5. The van der Waals surface area contributed by atoms with Crippen LogP contribution in [0.2, 0.25) is 5.02 Å². The molecule has 2 aromatic carbocycles. The molecule has 0 spiro atoms. The van der Waals surface area contributed by atoms with Gasteiger partial charge in [0.2, 0.25) is 11.8 Å². The third-order valence-corrected chi connectivity index (χ3v) is 6.10. The zero-order valence-corrected chi connectivity index (χ0v) is 18.0. The molecule has 1 unspecified atom stereocenters. The topological polar surface area (TPSA) is 71.3 Å². The lowest BCUT2D eigenvalue weighted by atomic mass is 10.1. The van der Waals surface area contributed by atoms with Gasteiger partial charge in [-0.25, -0.2) is 0 Å². The van der Waals surface area contributed by atoms with E-state index in [0.29, 0.717) is 23.3 Å². The Morgan fingerprint density at radius 1 is 1.07 bits per heavy atom. The summed E-state index contributed by atoms with van der Waals surface area (Å²) in [6.45, 7) is 1.77. The van der Waals surface area contributed by atoms with E-state index in [-0.39, 0.29) is 12.3 Å². The van der Waals surface area contributed by atoms with Gasteiger partial charge in [0, 0.05) is 36.0 Å². The van der Waals surface area contributed by atoms with Gasteiger partial charge in [0.05, 0.1) is 6.42 Å². The lowest BCUT2D eigenvalue weighted by Crippen LogP contribution is -2.32. The summed E-state index contributed by atoms with van der Waals surface area (Å²) in [5.74, 6) is 2.41. The third kappa shape index (κ3) is 5.55. The number of hydrogen-bond acceptors (Lipinski definition) is 6. The van der Waals surface area contributed by atoms with Crippen LogP contribution in [-0.4, -0.2) is 40.7 Å². The fraction of sp³-hybridized carbons (Fsp3) is 0.318. The summed E-state index contributed by atoms with van der Waals surface area (Å²) < 4.78 is 5.99. The van der Waals surface area contributed by atoms with E-state index in [4.69, 9.17) is 16.0 Å². The Morgan fingerprint density at radius 2 is 1.80 bits per heavy atom. The monoisotopic (exact) mass is 442 g/mol. The van der Waals surface area contributed by atoms with Crippen molar-refractivity contribution in [3.8, 4) is 0 Å². The van der Waals surface area contributed by atoms with Crippen LogP contribution in [-0.2, 0) is 17.6 Å². The van der Waals surface area contributed by atoms with E-state index in [1.807, 2.05) is 54.2 Å². The molecule has 3 aromatic rings. The van der Waals surface area contributed by atoms with Gasteiger partial charge in [-0.15, -0.1) is 5.10 Å². The van der Waals surface area contributed by atoms with Crippen molar-refractivity contribution in [2.45, 2.75) is 18.9 Å². The van der Waals surface area contributed by atoms with E-state index in [0.717, 1.165) is 35.7 Å². The van der Waals surface area contributed by atoms with E-state index < -0.39 is 6.04 Å². The van der Waals surface area contributed by atoms with Crippen LogP contribution in [0.3, 0.4) is 0 Å². The average molecular weight is 443 g/mol. The van der Waals surface area contributed by atoms with Crippen molar-refractivity contribution in [1.82, 2.24) is 15.5 Å². The molecule has 1 atom stereocenters. The molecular weight excluding hydrogens is 420 g/mol. The predicted molar refractivity (Wildman–Crippen MR) is 120 cm³/mol. The van der Waals surface area contributed by atoms with Gasteiger partial charge in [-0.05, 0) is 23.3 Å². The van der Waals surface area contributed by atoms with Gasteiger partial charge < -0.3 is 14.6 Å². The van der Waals surface area contributed by atoms with Gasteiger partial charge in [0.15, 0.2) is 0 Å². The molecule has 30 heavy (non-hydrogen) atoms. The molecule has 1 N–H and O–H groups in total. The van der Waals surface area contributed by atoms with E-state index in [1.165, 1.54) is 0 Å². The standard InChI is InChI=1S/C22H23ClN4O2S/c23-18-8-6-17(7-9-18)15-20(28)24-19(14-16-4-2-1-3-5-16)21-25-26-22(29-21)27-10-12-30-13-11-27/h1-9,19H,10-15H2,(H,24,28). The summed E-state index contributed by atoms with van der Waals surface area (Å²) in [5.41, 5.74) is 1.98. The fourth-order valence-corrected chi connectivity index (χ4v) is 4.36. The van der Waals surface area contributed by atoms with Crippen LogP contribution >= 0.6 is 23.4 Å². The van der Waals surface area contributed by atoms with Crippen molar-refractivity contribution in [1.29, 1.82) is 0 Å². The molecule has 1 saturated heterocycles. The maximum absolute atomic E-state index is 12.7. The minimum absolute atomic E-state index is 0.104. The molecule has 156 valence electrons. The summed E-state index contributed by atoms with van der Waals surface area (Å²) in [6, 6.07) is 17.4. The summed E-state index contributed by atoms with van der Waals surface area (Å²) >= 11 is 7.86. The van der Waals surface area contributed by atoms with Gasteiger partial charge in [0.25, 0.3) is 0 Å². The molecule has 1 amide bonds. The summed E-state index contributed by atoms with van der Waals surface area (Å²) in [4.78, 5) is 14.8. The van der Waals surface area contributed by atoms with Gasteiger partial charge in [-0.2, -0.15) is 11.8 Å². The summed E-state index contributed by atoms with van der Waals surface area (Å²) in [5, 5.41) is 12.2. The highest BCUT2D eigenvalue weighted by Crippen LogP contribution is 2.23. The Bertz CT molecular complexity index is 959. The number of benzene rings is 2. The van der Waals surface area contributed by atoms with E-state index in [2.05, 4.69) is 20.4 Å². The van der Waals surface area contributed by atoms with Crippen molar-refractivity contribution in [2.75, 3.05) is 29.5 Å². The molecule has 1 aliphatic rings. The highest BCUT2D eigenvalue weighted by molar-refractivity contribution is 7.99. The number of nitrogens with one attached hydrogen (secondary N) is 1. The zero-order chi connectivity index (χ0) is 20.8. The Labute approximate surface area is 185 Å². The molecule has 8 heteroatoms. The Hall–Kier alpha value is -2.51. The molecular formula is C22H23ClN4O2S. The first-order valence-electron chi connectivity index (χ1n) is 9.91. The molecule has 6 nitrogen and oxygen atoms in total. The van der Waals surface area contributed by atoms with Crippen LogP contribution in [0.5, 0.6) is 0 Å². The first-order valence-corrected chi connectivity index (χ1v) is 11.4. The van der Waals surface area contributed by atoms with Crippen LogP contribution in [0, 0.1) is 0 Å². The van der Waals surface area contributed by atoms with Gasteiger partial charge in [0.1, 0.15) is 6.04 Å². The minimum Gasteiger partial charge on any atom is -0.406 e. The van der Waals surface area contributed by atoms with E-state index in [1.54, 1.807) is 12.1 Å². The lowest BCUT2D eigenvalue weighted by Gasteiger charge is -2.24. The summed E-state index contributed by atoms with van der Waals surface area (Å²) in [6.07, 6.45) is 0.831. The number of carbonyl (C=O) groups excluding carboxylic acids is 1. The molecule has 1 aromatic heterocycles. The number of anilines is 1. The smallest absolute Gasteiger partial charge is 0.318 e. The number of carbonyl (C=O) groups is 1. The third-order valence-electron chi connectivity index (χ3n) is 4.91. The SMILES string of the molecule is O=C(Cc1ccc(Cl)cc1)NC(Cc1ccccc1)c1nnc(N2CCSCC2)o1.